The van der Waals surface area contributed by atoms with Gasteiger partial charge in [-0.3, -0.25) is 0 Å². The van der Waals surface area contributed by atoms with Crippen LogP contribution in [0.4, 0.5) is 0 Å². The van der Waals surface area contributed by atoms with Crippen LogP contribution in [-0.4, -0.2) is 12.6 Å². The van der Waals surface area contributed by atoms with Crippen LogP contribution >= 0.6 is 0 Å². The van der Waals surface area contributed by atoms with Crippen molar-refractivity contribution in [2.45, 2.75) is 84.0 Å². The molecule has 2 nitrogen and oxygen atoms in total. The van der Waals surface area contributed by atoms with Crippen molar-refractivity contribution < 1.29 is 9.53 Å². The van der Waals surface area contributed by atoms with E-state index in [4.69, 9.17) is 4.74 Å². The van der Waals surface area contributed by atoms with Gasteiger partial charge in [-0.1, -0.05) is 102 Å². The maximum Gasteiger partial charge on any atom is 0.331 e. The third-order valence-electron chi connectivity index (χ3n) is 3.80. The molecule has 0 fully saturated rings. The summed E-state index contributed by atoms with van der Waals surface area (Å²) in [5.41, 5.74) is 0. The second-order valence-electron chi connectivity index (χ2n) is 6.03. The lowest BCUT2D eigenvalue weighted by molar-refractivity contribution is -0.136. The Balaban J connectivity index is 3.26. The second kappa shape index (κ2) is 18.7. The van der Waals surface area contributed by atoms with Crippen LogP contribution in [0.25, 0.3) is 0 Å². The van der Waals surface area contributed by atoms with Crippen molar-refractivity contribution in [1.82, 2.24) is 0 Å². The van der Waals surface area contributed by atoms with Crippen molar-refractivity contribution in [2.75, 3.05) is 6.61 Å². The highest BCUT2D eigenvalue weighted by atomic mass is 16.5. The number of carbonyl (C=O) groups is 1. The minimum absolute atomic E-state index is 0.269. The van der Waals surface area contributed by atoms with Crippen LogP contribution < -0.4 is 0 Å². The van der Waals surface area contributed by atoms with Gasteiger partial charge in [-0.2, -0.15) is 0 Å². The first-order chi connectivity index (χ1) is 11.3. The van der Waals surface area contributed by atoms with E-state index in [1.165, 1.54) is 76.7 Å². The Bertz CT molecular complexity index is 329. The molecule has 0 unspecified atom stereocenters. The average molecular weight is 321 g/mol. The largest absolute Gasteiger partial charge is 0.458 e. The lowest BCUT2D eigenvalue weighted by Crippen LogP contribution is -1.99. The molecular weight excluding hydrogens is 284 g/mol. The molecule has 0 aromatic carbocycles. The fraction of sp³-hybridized carbons (Fsp3) is 0.667. The maximum absolute atomic E-state index is 11.1. The highest BCUT2D eigenvalue weighted by Gasteiger charge is 1.93. The number of unbranched alkanes of at least 4 members (excludes halogenated alkanes) is 11. The van der Waals surface area contributed by atoms with Crippen LogP contribution in [0.5, 0.6) is 0 Å². The molecule has 0 radical (unpaired) electrons. The smallest absolute Gasteiger partial charge is 0.331 e. The van der Waals surface area contributed by atoms with E-state index in [0.29, 0.717) is 0 Å². The van der Waals surface area contributed by atoms with Crippen LogP contribution in [-0.2, 0) is 9.53 Å². The predicted molar refractivity (Wildman–Crippen MR) is 101 cm³/mol. The third-order valence-corrected chi connectivity index (χ3v) is 3.80. The highest BCUT2D eigenvalue weighted by Crippen LogP contribution is 2.11. The first kappa shape index (κ1) is 21.7. The van der Waals surface area contributed by atoms with Crippen molar-refractivity contribution in [2.24, 2.45) is 0 Å². The summed E-state index contributed by atoms with van der Waals surface area (Å²) in [7, 11) is 0. The fourth-order valence-corrected chi connectivity index (χ4v) is 2.42. The summed E-state index contributed by atoms with van der Waals surface area (Å²) in [6, 6.07) is 0. The molecule has 0 aliphatic rings. The van der Waals surface area contributed by atoms with Gasteiger partial charge in [-0.15, -0.1) is 0 Å². The van der Waals surface area contributed by atoms with Gasteiger partial charge in [0.15, 0.2) is 0 Å². The predicted octanol–water partition coefficient (Wildman–Crippen LogP) is 6.53. The summed E-state index contributed by atoms with van der Waals surface area (Å²) < 4.78 is 4.83. The first-order valence-corrected chi connectivity index (χ1v) is 9.42. The van der Waals surface area contributed by atoms with Crippen molar-refractivity contribution >= 4 is 5.97 Å². The highest BCUT2D eigenvalue weighted by molar-refractivity contribution is 5.82. The van der Waals surface area contributed by atoms with Gasteiger partial charge in [0.25, 0.3) is 0 Å². The molecule has 0 amide bonds. The van der Waals surface area contributed by atoms with Crippen LogP contribution in [0.2, 0.25) is 0 Å². The molecule has 0 N–H and O–H groups in total. The van der Waals surface area contributed by atoms with E-state index < -0.39 is 0 Å². The lowest BCUT2D eigenvalue weighted by Gasteiger charge is -2.01. The van der Waals surface area contributed by atoms with E-state index >= 15 is 0 Å². The Morgan fingerprint density at radius 2 is 1.43 bits per heavy atom. The van der Waals surface area contributed by atoms with Gasteiger partial charge >= 0.3 is 5.97 Å². The van der Waals surface area contributed by atoms with E-state index in [1.807, 2.05) is 6.08 Å². The Hall–Kier alpha value is -1.31. The second-order valence-corrected chi connectivity index (χ2v) is 6.03. The number of ether oxygens (including phenoxy) is 1. The molecule has 0 saturated heterocycles. The van der Waals surface area contributed by atoms with Gasteiger partial charge in [0, 0.05) is 6.08 Å². The number of hydrogen-bond acceptors (Lipinski definition) is 2. The minimum atomic E-state index is -0.316. The van der Waals surface area contributed by atoms with Crippen molar-refractivity contribution in [3.05, 3.63) is 37.0 Å². The van der Waals surface area contributed by atoms with Crippen molar-refractivity contribution in [1.29, 1.82) is 0 Å². The zero-order valence-corrected chi connectivity index (χ0v) is 15.1. The molecule has 132 valence electrons. The molecule has 0 aromatic heterocycles. The third kappa shape index (κ3) is 18.6. The monoisotopic (exact) mass is 320 g/mol. The molecule has 0 spiro atoms. The Labute approximate surface area is 143 Å². The van der Waals surface area contributed by atoms with Gasteiger partial charge < -0.3 is 4.74 Å². The Morgan fingerprint density at radius 1 is 0.870 bits per heavy atom. The van der Waals surface area contributed by atoms with Crippen molar-refractivity contribution in [3.63, 3.8) is 0 Å². The molecule has 0 rings (SSSR count). The van der Waals surface area contributed by atoms with Gasteiger partial charge in [0.2, 0.25) is 0 Å². The SMILES string of the molecule is C=CCOC(=O)C=CC=CCCCCCCCCCCCCC. The van der Waals surface area contributed by atoms with E-state index in [0.717, 1.165) is 6.42 Å². The average Bonchev–Trinajstić information content (AvgIpc) is 2.56. The van der Waals surface area contributed by atoms with Crippen molar-refractivity contribution in [3.8, 4) is 0 Å². The lowest BCUT2D eigenvalue weighted by atomic mass is 10.1. The molecular formula is C21H36O2. The zero-order valence-electron chi connectivity index (χ0n) is 15.1. The van der Waals surface area contributed by atoms with Gasteiger partial charge in [0.1, 0.15) is 6.61 Å². The molecule has 0 bridgehead atoms. The normalized spacial score (nSPS) is 11.3. The van der Waals surface area contributed by atoms with Gasteiger partial charge in [-0.05, 0) is 12.8 Å². The maximum atomic E-state index is 11.1. The molecule has 0 aliphatic carbocycles. The fourth-order valence-electron chi connectivity index (χ4n) is 2.42. The summed E-state index contributed by atoms with van der Waals surface area (Å²) in [6.45, 7) is 6.03. The molecule has 0 atom stereocenters. The molecule has 2 heteroatoms. The number of esters is 1. The number of hydrogen-bond donors (Lipinski definition) is 0. The molecule has 0 heterocycles. The summed E-state index contributed by atoms with van der Waals surface area (Å²) >= 11 is 0. The molecule has 0 aliphatic heterocycles. The van der Waals surface area contributed by atoms with E-state index in [2.05, 4.69) is 19.6 Å². The summed E-state index contributed by atoms with van der Waals surface area (Å²) in [6.07, 6.45) is 25.0. The van der Waals surface area contributed by atoms with Gasteiger partial charge in [0.05, 0.1) is 0 Å². The standard InChI is InChI=1S/C21H36O2/c1-3-5-6-7-8-9-10-11-12-13-14-15-16-17-18-19-21(22)23-20-4-2/h4,16-19H,2-3,5-15,20H2,1H3. The molecule has 0 saturated carbocycles. The zero-order chi connectivity index (χ0) is 17.0. The van der Waals surface area contributed by atoms with E-state index in [-0.39, 0.29) is 12.6 Å². The first-order valence-electron chi connectivity index (χ1n) is 9.42. The quantitative estimate of drug-likeness (QED) is 0.106. The topological polar surface area (TPSA) is 26.3 Å². The number of allylic oxidation sites excluding steroid dienone is 3. The van der Waals surface area contributed by atoms with Crippen LogP contribution in [0.3, 0.4) is 0 Å². The Kier molecular flexibility index (Phi) is 17.7. The van der Waals surface area contributed by atoms with Crippen LogP contribution in [0, 0.1) is 0 Å². The van der Waals surface area contributed by atoms with Gasteiger partial charge in [-0.25, -0.2) is 4.79 Å². The van der Waals surface area contributed by atoms with E-state index in [9.17, 15) is 4.79 Å². The number of carbonyl (C=O) groups excluding carboxylic acids is 1. The molecule has 0 aromatic rings. The summed E-state index contributed by atoms with van der Waals surface area (Å²) in [5.74, 6) is -0.316. The molecule has 23 heavy (non-hydrogen) atoms. The van der Waals surface area contributed by atoms with Crippen LogP contribution in [0.1, 0.15) is 84.0 Å². The Morgan fingerprint density at radius 3 is 2.00 bits per heavy atom. The van der Waals surface area contributed by atoms with E-state index in [1.54, 1.807) is 12.2 Å². The summed E-state index contributed by atoms with van der Waals surface area (Å²) in [4.78, 5) is 11.1. The number of rotatable bonds is 16. The minimum Gasteiger partial charge on any atom is -0.458 e. The summed E-state index contributed by atoms with van der Waals surface area (Å²) in [5, 5.41) is 0. The van der Waals surface area contributed by atoms with Crippen LogP contribution in [0.15, 0.2) is 37.0 Å².